The smallest absolute Gasteiger partial charge is 0.335 e. The maximum absolute atomic E-state index is 10.6. The van der Waals surface area contributed by atoms with Gasteiger partial charge in [0.2, 0.25) is 0 Å². The monoisotopic (exact) mass is 150 g/mol. The standard InChI is InChI=1S/C9H10O2/c1-3-5-7-9(10)11-8-6-4-2/h3-8H,1-2H2. The van der Waals surface area contributed by atoms with Crippen molar-refractivity contribution in [1.29, 1.82) is 0 Å². The van der Waals surface area contributed by atoms with Crippen LogP contribution in [0.1, 0.15) is 0 Å². The zero-order chi connectivity index (χ0) is 8.53. The highest BCUT2D eigenvalue weighted by molar-refractivity contribution is 5.82. The van der Waals surface area contributed by atoms with E-state index in [1.165, 1.54) is 36.6 Å². The van der Waals surface area contributed by atoms with Crippen molar-refractivity contribution in [1.82, 2.24) is 0 Å². The number of hydrogen-bond donors (Lipinski definition) is 0. The van der Waals surface area contributed by atoms with E-state index < -0.39 is 5.97 Å². The Morgan fingerprint density at radius 3 is 2.36 bits per heavy atom. The van der Waals surface area contributed by atoms with Gasteiger partial charge in [-0.25, -0.2) is 4.79 Å². The number of ether oxygens (including phenoxy) is 1. The molecular weight excluding hydrogens is 140 g/mol. The number of allylic oxidation sites excluding steroid dienone is 4. The van der Waals surface area contributed by atoms with E-state index in [1.54, 1.807) is 0 Å². The van der Waals surface area contributed by atoms with Gasteiger partial charge in [0.15, 0.2) is 0 Å². The van der Waals surface area contributed by atoms with Gasteiger partial charge >= 0.3 is 5.97 Å². The van der Waals surface area contributed by atoms with E-state index >= 15 is 0 Å². The second-order valence-electron chi connectivity index (χ2n) is 1.60. The normalized spacial score (nSPS) is 10.2. The van der Waals surface area contributed by atoms with Crippen molar-refractivity contribution in [3.05, 3.63) is 49.8 Å². The number of carbonyl (C=O) groups excluding carboxylic acids is 1. The van der Waals surface area contributed by atoms with Gasteiger partial charge < -0.3 is 4.74 Å². The molecule has 0 fully saturated rings. The number of hydrogen-bond acceptors (Lipinski definition) is 2. The van der Waals surface area contributed by atoms with Gasteiger partial charge in [-0.1, -0.05) is 31.4 Å². The van der Waals surface area contributed by atoms with Gasteiger partial charge in [-0.2, -0.15) is 0 Å². The molecule has 0 aromatic rings. The number of carbonyl (C=O) groups is 1. The van der Waals surface area contributed by atoms with Gasteiger partial charge in [-0.15, -0.1) is 0 Å². The topological polar surface area (TPSA) is 26.3 Å². The molecule has 0 aliphatic rings. The molecule has 0 rings (SSSR count). The summed E-state index contributed by atoms with van der Waals surface area (Å²) in [7, 11) is 0. The Labute approximate surface area is 66.2 Å². The summed E-state index contributed by atoms with van der Waals surface area (Å²) < 4.78 is 4.56. The van der Waals surface area contributed by atoms with Crippen LogP contribution in [0.4, 0.5) is 0 Å². The van der Waals surface area contributed by atoms with Gasteiger partial charge in [-0.3, -0.25) is 0 Å². The Kier molecular flexibility index (Phi) is 5.61. The lowest BCUT2D eigenvalue weighted by atomic mass is 10.5. The van der Waals surface area contributed by atoms with E-state index in [9.17, 15) is 4.79 Å². The van der Waals surface area contributed by atoms with Crippen molar-refractivity contribution in [2.45, 2.75) is 0 Å². The zero-order valence-corrected chi connectivity index (χ0v) is 6.19. The third-order valence-corrected chi connectivity index (χ3v) is 0.767. The molecule has 0 aliphatic heterocycles. The minimum absolute atomic E-state index is 0.428. The first-order chi connectivity index (χ1) is 5.31. The lowest BCUT2D eigenvalue weighted by molar-refractivity contribution is -0.132. The van der Waals surface area contributed by atoms with Gasteiger partial charge in [0.1, 0.15) is 0 Å². The van der Waals surface area contributed by atoms with Crippen LogP contribution in [-0.4, -0.2) is 5.97 Å². The van der Waals surface area contributed by atoms with Crippen LogP contribution >= 0.6 is 0 Å². The first-order valence-corrected chi connectivity index (χ1v) is 3.08. The summed E-state index contributed by atoms with van der Waals surface area (Å²) in [4.78, 5) is 10.6. The predicted molar refractivity (Wildman–Crippen MR) is 44.8 cm³/mol. The molecule has 58 valence electrons. The molecule has 0 spiro atoms. The molecule has 0 amide bonds. The van der Waals surface area contributed by atoms with E-state index in [0.29, 0.717) is 0 Å². The molecule has 0 saturated carbocycles. The number of rotatable bonds is 4. The molecule has 0 heterocycles. The highest BCUT2D eigenvalue weighted by Crippen LogP contribution is 1.83. The molecule has 0 saturated heterocycles. The molecule has 0 aromatic heterocycles. The van der Waals surface area contributed by atoms with E-state index in [-0.39, 0.29) is 0 Å². The van der Waals surface area contributed by atoms with E-state index in [0.717, 1.165) is 0 Å². The fourth-order valence-corrected chi connectivity index (χ4v) is 0.348. The largest absolute Gasteiger partial charge is 0.431 e. The Balaban J connectivity index is 3.69. The zero-order valence-electron chi connectivity index (χ0n) is 6.19. The van der Waals surface area contributed by atoms with Crippen LogP contribution in [0.15, 0.2) is 49.8 Å². The first kappa shape index (κ1) is 9.43. The molecule has 0 aromatic carbocycles. The predicted octanol–water partition coefficient (Wildman–Crippen LogP) is 1.97. The average molecular weight is 150 g/mol. The third-order valence-electron chi connectivity index (χ3n) is 0.767. The van der Waals surface area contributed by atoms with E-state index in [4.69, 9.17) is 0 Å². The van der Waals surface area contributed by atoms with Crippen LogP contribution < -0.4 is 0 Å². The van der Waals surface area contributed by atoms with Crippen LogP contribution in [0.25, 0.3) is 0 Å². The van der Waals surface area contributed by atoms with Gasteiger partial charge in [-0.05, 0) is 6.08 Å². The van der Waals surface area contributed by atoms with E-state index in [2.05, 4.69) is 17.9 Å². The Hall–Kier alpha value is -1.57. The second-order valence-corrected chi connectivity index (χ2v) is 1.60. The van der Waals surface area contributed by atoms with Crippen molar-refractivity contribution < 1.29 is 9.53 Å². The second kappa shape index (κ2) is 6.55. The Morgan fingerprint density at radius 1 is 1.18 bits per heavy atom. The highest BCUT2D eigenvalue weighted by atomic mass is 16.5. The van der Waals surface area contributed by atoms with Crippen LogP contribution in [0.2, 0.25) is 0 Å². The highest BCUT2D eigenvalue weighted by Gasteiger charge is 1.88. The summed E-state index contributed by atoms with van der Waals surface area (Å²) in [5, 5.41) is 0. The summed E-state index contributed by atoms with van der Waals surface area (Å²) >= 11 is 0. The average Bonchev–Trinajstić information content (AvgIpc) is 2.01. The molecule has 11 heavy (non-hydrogen) atoms. The van der Waals surface area contributed by atoms with Gasteiger partial charge in [0.05, 0.1) is 6.26 Å². The third kappa shape index (κ3) is 6.31. The fraction of sp³-hybridized carbons (Fsp3) is 0. The van der Waals surface area contributed by atoms with Crippen LogP contribution in [-0.2, 0) is 9.53 Å². The Bertz CT molecular complexity index is 200. The van der Waals surface area contributed by atoms with Crippen molar-refractivity contribution in [2.24, 2.45) is 0 Å². The maximum Gasteiger partial charge on any atom is 0.335 e. The van der Waals surface area contributed by atoms with Crippen LogP contribution in [0.3, 0.4) is 0 Å². The SMILES string of the molecule is C=CC=COC(=O)C=CC=C. The van der Waals surface area contributed by atoms with Crippen molar-refractivity contribution in [3.63, 3.8) is 0 Å². The van der Waals surface area contributed by atoms with Crippen molar-refractivity contribution in [3.8, 4) is 0 Å². The molecule has 0 unspecified atom stereocenters. The van der Waals surface area contributed by atoms with Gasteiger partial charge in [0.25, 0.3) is 0 Å². The fourth-order valence-electron chi connectivity index (χ4n) is 0.348. The molecule has 0 bridgehead atoms. The van der Waals surface area contributed by atoms with Crippen LogP contribution in [0.5, 0.6) is 0 Å². The summed E-state index contributed by atoms with van der Waals surface area (Å²) in [6.45, 7) is 6.81. The molecule has 0 radical (unpaired) electrons. The summed E-state index contributed by atoms with van der Waals surface area (Å²) in [5.74, 6) is -0.428. The molecule has 0 atom stereocenters. The van der Waals surface area contributed by atoms with Crippen molar-refractivity contribution >= 4 is 5.97 Å². The van der Waals surface area contributed by atoms with Gasteiger partial charge in [0, 0.05) is 6.08 Å². The minimum atomic E-state index is -0.428. The number of esters is 1. The minimum Gasteiger partial charge on any atom is -0.431 e. The lowest BCUT2D eigenvalue weighted by Crippen LogP contribution is -1.92. The summed E-state index contributed by atoms with van der Waals surface area (Å²) in [6, 6.07) is 0. The quantitative estimate of drug-likeness (QED) is 0.265. The first-order valence-electron chi connectivity index (χ1n) is 3.08. The van der Waals surface area contributed by atoms with Crippen LogP contribution in [0, 0.1) is 0 Å². The maximum atomic E-state index is 10.6. The summed E-state index contributed by atoms with van der Waals surface area (Å²) in [5.41, 5.74) is 0. The Morgan fingerprint density at radius 2 is 1.82 bits per heavy atom. The van der Waals surface area contributed by atoms with Crippen molar-refractivity contribution in [2.75, 3.05) is 0 Å². The summed E-state index contributed by atoms with van der Waals surface area (Å²) in [6.07, 6.45) is 8.59. The molecule has 2 nitrogen and oxygen atoms in total. The molecular formula is C9H10O2. The molecule has 2 heteroatoms. The van der Waals surface area contributed by atoms with E-state index in [1.807, 2.05) is 0 Å². The molecule has 0 N–H and O–H groups in total. The lowest BCUT2D eigenvalue weighted by Gasteiger charge is -1.88. The molecule has 0 aliphatic carbocycles.